The summed E-state index contributed by atoms with van der Waals surface area (Å²) in [7, 11) is 0. The van der Waals surface area contributed by atoms with Gasteiger partial charge in [0.25, 0.3) is 0 Å². The molecule has 0 amide bonds. The molecular formula is C13H28N2O. The summed E-state index contributed by atoms with van der Waals surface area (Å²) in [6.07, 6.45) is 2.60. The van der Waals surface area contributed by atoms with Crippen LogP contribution in [0.3, 0.4) is 0 Å². The van der Waals surface area contributed by atoms with Crippen LogP contribution in [0.2, 0.25) is 0 Å². The number of hydrogen-bond acceptors (Lipinski definition) is 3. The fourth-order valence-corrected chi connectivity index (χ4v) is 2.35. The van der Waals surface area contributed by atoms with Crippen molar-refractivity contribution in [3.8, 4) is 0 Å². The van der Waals surface area contributed by atoms with Crippen molar-refractivity contribution in [3.05, 3.63) is 0 Å². The van der Waals surface area contributed by atoms with Crippen LogP contribution in [0.25, 0.3) is 0 Å². The van der Waals surface area contributed by atoms with E-state index in [0.717, 1.165) is 12.5 Å². The molecule has 0 aromatic heterocycles. The van der Waals surface area contributed by atoms with Crippen LogP contribution in [0.4, 0.5) is 0 Å². The van der Waals surface area contributed by atoms with Gasteiger partial charge < -0.3 is 15.3 Å². The minimum Gasteiger partial charge on any atom is -0.396 e. The SMILES string of the molecule is CC(CO)CN(CC1CCNCC1)C(C)C. The Bertz CT molecular complexity index is 179. The summed E-state index contributed by atoms with van der Waals surface area (Å²) >= 11 is 0. The van der Waals surface area contributed by atoms with Gasteiger partial charge in [0.2, 0.25) is 0 Å². The summed E-state index contributed by atoms with van der Waals surface area (Å²) in [5.74, 6) is 1.23. The number of aliphatic hydroxyl groups excluding tert-OH is 1. The Morgan fingerprint density at radius 1 is 1.25 bits per heavy atom. The maximum atomic E-state index is 9.13. The Kier molecular flexibility index (Phi) is 6.32. The number of nitrogens with zero attached hydrogens (tertiary/aromatic N) is 1. The summed E-state index contributed by atoms with van der Waals surface area (Å²) in [4.78, 5) is 2.52. The molecule has 1 atom stereocenters. The minimum absolute atomic E-state index is 0.301. The van der Waals surface area contributed by atoms with E-state index < -0.39 is 0 Å². The van der Waals surface area contributed by atoms with Crippen molar-refractivity contribution in [1.82, 2.24) is 10.2 Å². The van der Waals surface area contributed by atoms with Crippen LogP contribution < -0.4 is 5.32 Å². The first kappa shape index (κ1) is 13.9. The second kappa shape index (κ2) is 7.25. The van der Waals surface area contributed by atoms with E-state index >= 15 is 0 Å². The molecule has 0 bridgehead atoms. The van der Waals surface area contributed by atoms with Gasteiger partial charge in [0.05, 0.1) is 0 Å². The number of piperidine rings is 1. The average molecular weight is 228 g/mol. The molecule has 3 nitrogen and oxygen atoms in total. The van der Waals surface area contributed by atoms with Gasteiger partial charge in [-0.15, -0.1) is 0 Å². The highest BCUT2D eigenvalue weighted by Crippen LogP contribution is 2.16. The lowest BCUT2D eigenvalue weighted by Gasteiger charge is -2.34. The fraction of sp³-hybridized carbons (Fsp3) is 1.00. The summed E-state index contributed by atoms with van der Waals surface area (Å²) in [5, 5.41) is 12.5. The van der Waals surface area contributed by atoms with Crippen molar-refractivity contribution in [2.75, 3.05) is 32.8 Å². The van der Waals surface area contributed by atoms with Gasteiger partial charge in [-0.3, -0.25) is 0 Å². The molecule has 1 heterocycles. The molecule has 1 unspecified atom stereocenters. The van der Waals surface area contributed by atoms with E-state index in [1.54, 1.807) is 0 Å². The predicted octanol–water partition coefficient (Wildman–Crippen LogP) is 1.32. The molecule has 1 saturated heterocycles. The Hall–Kier alpha value is -0.120. The molecule has 0 saturated carbocycles. The zero-order valence-electron chi connectivity index (χ0n) is 11.1. The highest BCUT2D eigenvalue weighted by molar-refractivity contribution is 4.75. The summed E-state index contributed by atoms with van der Waals surface area (Å²) in [6, 6.07) is 0.587. The molecule has 1 aliphatic heterocycles. The molecular weight excluding hydrogens is 200 g/mol. The molecule has 16 heavy (non-hydrogen) atoms. The smallest absolute Gasteiger partial charge is 0.0468 e. The standard InChI is InChI=1S/C13H28N2O/c1-11(2)15(8-12(3)10-16)9-13-4-6-14-7-5-13/h11-14,16H,4-10H2,1-3H3. The third-order valence-corrected chi connectivity index (χ3v) is 3.54. The monoisotopic (exact) mass is 228 g/mol. The lowest BCUT2D eigenvalue weighted by atomic mass is 9.96. The van der Waals surface area contributed by atoms with Crippen molar-refractivity contribution in [3.63, 3.8) is 0 Å². The first-order valence-electron chi connectivity index (χ1n) is 6.69. The second-order valence-corrected chi connectivity index (χ2v) is 5.53. The lowest BCUT2D eigenvalue weighted by Crippen LogP contribution is -2.41. The van der Waals surface area contributed by atoms with Gasteiger partial charge in [-0.1, -0.05) is 6.92 Å². The van der Waals surface area contributed by atoms with E-state index in [9.17, 15) is 0 Å². The quantitative estimate of drug-likeness (QED) is 0.720. The van der Waals surface area contributed by atoms with Gasteiger partial charge in [-0.2, -0.15) is 0 Å². The molecule has 0 spiro atoms. The van der Waals surface area contributed by atoms with Crippen LogP contribution in [0.1, 0.15) is 33.6 Å². The summed E-state index contributed by atoms with van der Waals surface area (Å²) in [6.45, 7) is 11.5. The van der Waals surface area contributed by atoms with Crippen molar-refractivity contribution >= 4 is 0 Å². The molecule has 3 heteroatoms. The largest absolute Gasteiger partial charge is 0.396 e. The maximum Gasteiger partial charge on any atom is 0.0468 e. The third-order valence-electron chi connectivity index (χ3n) is 3.54. The molecule has 0 radical (unpaired) electrons. The highest BCUT2D eigenvalue weighted by atomic mass is 16.3. The number of rotatable bonds is 6. The van der Waals surface area contributed by atoms with Crippen LogP contribution in [-0.2, 0) is 0 Å². The average Bonchev–Trinajstić information content (AvgIpc) is 2.29. The van der Waals surface area contributed by atoms with E-state index in [4.69, 9.17) is 5.11 Å². The van der Waals surface area contributed by atoms with Crippen molar-refractivity contribution in [2.45, 2.75) is 39.7 Å². The summed E-state index contributed by atoms with van der Waals surface area (Å²) < 4.78 is 0. The lowest BCUT2D eigenvalue weighted by molar-refractivity contribution is 0.123. The number of hydrogen-bond donors (Lipinski definition) is 2. The molecule has 0 aromatic rings. The Labute approximate surface area is 100 Å². The Morgan fingerprint density at radius 3 is 2.38 bits per heavy atom. The second-order valence-electron chi connectivity index (χ2n) is 5.53. The van der Waals surface area contributed by atoms with Crippen LogP contribution >= 0.6 is 0 Å². The molecule has 1 rings (SSSR count). The van der Waals surface area contributed by atoms with Crippen molar-refractivity contribution in [2.24, 2.45) is 11.8 Å². The van der Waals surface area contributed by atoms with Gasteiger partial charge in [-0.25, -0.2) is 0 Å². The van der Waals surface area contributed by atoms with Gasteiger partial charge in [0, 0.05) is 25.7 Å². The normalized spacial score (nSPS) is 20.6. The van der Waals surface area contributed by atoms with Gasteiger partial charge >= 0.3 is 0 Å². The van der Waals surface area contributed by atoms with Gasteiger partial charge in [0.15, 0.2) is 0 Å². The van der Waals surface area contributed by atoms with E-state index in [0.29, 0.717) is 18.6 Å². The minimum atomic E-state index is 0.301. The predicted molar refractivity (Wildman–Crippen MR) is 68.6 cm³/mol. The van der Waals surface area contributed by atoms with Crippen LogP contribution in [0.15, 0.2) is 0 Å². The number of aliphatic hydroxyl groups is 1. The topological polar surface area (TPSA) is 35.5 Å². The first-order valence-corrected chi connectivity index (χ1v) is 6.69. The zero-order chi connectivity index (χ0) is 12.0. The van der Waals surface area contributed by atoms with Crippen LogP contribution in [0.5, 0.6) is 0 Å². The molecule has 96 valence electrons. The molecule has 2 N–H and O–H groups in total. The van der Waals surface area contributed by atoms with Crippen molar-refractivity contribution in [1.29, 1.82) is 0 Å². The first-order chi connectivity index (χ1) is 7.63. The van der Waals surface area contributed by atoms with Crippen LogP contribution in [-0.4, -0.2) is 48.8 Å². The molecule has 0 aromatic carbocycles. The molecule has 1 aliphatic rings. The van der Waals surface area contributed by atoms with E-state index in [-0.39, 0.29) is 0 Å². The van der Waals surface area contributed by atoms with E-state index in [1.165, 1.54) is 32.5 Å². The highest BCUT2D eigenvalue weighted by Gasteiger charge is 2.19. The Balaban J connectivity index is 2.37. The fourth-order valence-electron chi connectivity index (χ4n) is 2.35. The van der Waals surface area contributed by atoms with Crippen molar-refractivity contribution < 1.29 is 5.11 Å². The molecule has 1 fully saturated rings. The van der Waals surface area contributed by atoms with Gasteiger partial charge in [-0.05, 0) is 51.6 Å². The van der Waals surface area contributed by atoms with E-state index in [1.807, 2.05) is 0 Å². The van der Waals surface area contributed by atoms with E-state index in [2.05, 4.69) is 31.0 Å². The number of nitrogens with one attached hydrogen (secondary N) is 1. The third kappa shape index (κ3) is 4.81. The summed E-state index contributed by atoms with van der Waals surface area (Å²) in [5.41, 5.74) is 0. The molecule has 0 aliphatic carbocycles. The maximum absolute atomic E-state index is 9.13. The zero-order valence-corrected chi connectivity index (χ0v) is 11.1. The Morgan fingerprint density at radius 2 is 1.88 bits per heavy atom. The van der Waals surface area contributed by atoms with Crippen LogP contribution in [0, 0.1) is 11.8 Å². The van der Waals surface area contributed by atoms with Gasteiger partial charge in [0.1, 0.15) is 0 Å².